The maximum atomic E-state index is 12.5. The van der Waals surface area contributed by atoms with Crippen LogP contribution in [0.3, 0.4) is 0 Å². The fourth-order valence-electron chi connectivity index (χ4n) is 2.41. The highest BCUT2D eigenvalue weighted by atomic mass is 19.4. The van der Waals surface area contributed by atoms with Crippen LogP contribution in [0.2, 0.25) is 0 Å². The van der Waals surface area contributed by atoms with Crippen LogP contribution in [0.1, 0.15) is 57.7 Å². The van der Waals surface area contributed by atoms with Gasteiger partial charge in [-0.3, -0.25) is 0 Å². The molecule has 0 aromatic heterocycles. The second kappa shape index (κ2) is 6.61. The van der Waals surface area contributed by atoms with Gasteiger partial charge < -0.3 is 5.32 Å². The Hall–Kier alpha value is -1.03. The van der Waals surface area contributed by atoms with E-state index >= 15 is 0 Å². The summed E-state index contributed by atoms with van der Waals surface area (Å²) in [7, 11) is 0. The van der Waals surface area contributed by atoms with Crippen LogP contribution in [0.15, 0.2) is 24.3 Å². The van der Waals surface area contributed by atoms with Gasteiger partial charge in [-0.05, 0) is 29.5 Å². The average Bonchev–Trinajstić information content (AvgIpc) is 2.32. The SMILES string of the molecule is CCNC(CCC(F)(F)F)c1ccccc1C(C)(C)C. The van der Waals surface area contributed by atoms with E-state index in [1.165, 1.54) is 0 Å². The number of hydrogen-bond acceptors (Lipinski definition) is 1. The van der Waals surface area contributed by atoms with Crippen LogP contribution < -0.4 is 5.32 Å². The van der Waals surface area contributed by atoms with E-state index in [1.54, 1.807) is 0 Å². The van der Waals surface area contributed by atoms with E-state index in [0.717, 1.165) is 11.1 Å². The molecule has 1 aromatic rings. The van der Waals surface area contributed by atoms with Gasteiger partial charge in [-0.25, -0.2) is 0 Å². The van der Waals surface area contributed by atoms with E-state index in [2.05, 4.69) is 26.1 Å². The Balaban J connectivity index is 3.03. The Kier molecular flexibility index (Phi) is 5.63. The van der Waals surface area contributed by atoms with Crippen molar-refractivity contribution in [3.8, 4) is 0 Å². The summed E-state index contributed by atoms with van der Waals surface area (Å²) in [5.41, 5.74) is 2.00. The highest BCUT2D eigenvalue weighted by Crippen LogP contribution is 2.33. The molecule has 0 heterocycles. The van der Waals surface area contributed by atoms with Crippen molar-refractivity contribution in [3.63, 3.8) is 0 Å². The predicted octanol–water partition coefficient (Wildman–Crippen LogP) is 4.98. The Morgan fingerprint density at radius 3 is 2.20 bits per heavy atom. The van der Waals surface area contributed by atoms with Crippen LogP contribution in [0, 0.1) is 0 Å². The molecule has 0 aliphatic rings. The number of halogens is 3. The standard InChI is InChI=1S/C16H24F3N/c1-5-20-14(10-11-16(17,18)19)12-8-6-7-9-13(12)15(2,3)4/h6-9,14,20H,5,10-11H2,1-4H3. The molecule has 0 bridgehead atoms. The van der Waals surface area contributed by atoms with Crippen molar-refractivity contribution in [3.05, 3.63) is 35.4 Å². The van der Waals surface area contributed by atoms with E-state index in [0.29, 0.717) is 6.54 Å². The number of hydrogen-bond donors (Lipinski definition) is 1. The quantitative estimate of drug-likeness (QED) is 0.805. The van der Waals surface area contributed by atoms with E-state index in [-0.39, 0.29) is 17.9 Å². The van der Waals surface area contributed by atoms with E-state index < -0.39 is 12.6 Å². The summed E-state index contributed by atoms with van der Waals surface area (Å²) in [5, 5.41) is 3.18. The van der Waals surface area contributed by atoms with Crippen LogP contribution in [-0.2, 0) is 5.41 Å². The third kappa shape index (κ3) is 5.16. The summed E-state index contributed by atoms with van der Waals surface area (Å²) in [4.78, 5) is 0. The maximum absolute atomic E-state index is 12.5. The van der Waals surface area contributed by atoms with Crippen molar-refractivity contribution < 1.29 is 13.2 Å². The highest BCUT2D eigenvalue weighted by Gasteiger charge is 2.30. The van der Waals surface area contributed by atoms with Crippen LogP contribution in [0.25, 0.3) is 0 Å². The summed E-state index contributed by atoms with van der Waals surface area (Å²) < 4.78 is 37.4. The summed E-state index contributed by atoms with van der Waals surface area (Å²) in [6.07, 6.45) is -4.79. The van der Waals surface area contributed by atoms with Crippen molar-refractivity contribution in [2.75, 3.05) is 6.54 Å². The number of alkyl halides is 3. The molecule has 4 heteroatoms. The minimum Gasteiger partial charge on any atom is -0.310 e. The van der Waals surface area contributed by atoms with Gasteiger partial charge in [-0.15, -0.1) is 0 Å². The first kappa shape index (κ1) is 17.0. The zero-order valence-corrected chi connectivity index (χ0v) is 12.6. The summed E-state index contributed by atoms with van der Waals surface area (Å²) in [6, 6.07) is 7.52. The smallest absolute Gasteiger partial charge is 0.310 e. The molecule has 1 atom stereocenters. The molecule has 0 aliphatic heterocycles. The Labute approximate surface area is 119 Å². The Morgan fingerprint density at radius 2 is 1.70 bits per heavy atom. The van der Waals surface area contributed by atoms with Crippen molar-refractivity contribution in [2.24, 2.45) is 0 Å². The third-order valence-electron chi connectivity index (χ3n) is 3.31. The third-order valence-corrected chi connectivity index (χ3v) is 3.31. The number of rotatable bonds is 5. The number of benzene rings is 1. The molecule has 1 aromatic carbocycles. The lowest BCUT2D eigenvalue weighted by atomic mass is 9.81. The van der Waals surface area contributed by atoms with Gasteiger partial charge in [-0.1, -0.05) is 52.0 Å². The monoisotopic (exact) mass is 287 g/mol. The molecule has 0 aliphatic carbocycles. The van der Waals surface area contributed by atoms with Crippen molar-refractivity contribution in [1.29, 1.82) is 0 Å². The fraction of sp³-hybridized carbons (Fsp3) is 0.625. The molecular formula is C16H24F3N. The Morgan fingerprint density at radius 1 is 1.10 bits per heavy atom. The summed E-state index contributed by atoms with van der Waals surface area (Å²) in [6.45, 7) is 8.82. The first-order valence-electron chi connectivity index (χ1n) is 7.04. The molecule has 0 radical (unpaired) electrons. The molecule has 0 amide bonds. The minimum absolute atomic E-state index is 0.0738. The largest absolute Gasteiger partial charge is 0.389 e. The second-order valence-corrected chi connectivity index (χ2v) is 6.10. The second-order valence-electron chi connectivity index (χ2n) is 6.10. The minimum atomic E-state index is -4.11. The molecule has 0 saturated heterocycles. The lowest BCUT2D eigenvalue weighted by Crippen LogP contribution is -2.26. The van der Waals surface area contributed by atoms with Gasteiger partial charge in [0.15, 0.2) is 0 Å². The molecular weight excluding hydrogens is 263 g/mol. The highest BCUT2D eigenvalue weighted by molar-refractivity contribution is 5.35. The lowest BCUT2D eigenvalue weighted by molar-refractivity contribution is -0.136. The van der Waals surface area contributed by atoms with Crippen molar-refractivity contribution in [2.45, 2.75) is 58.2 Å². The van der Waals surface area contributed by atoms with Gasteiger partial charge in [0.25, 0.3) is 0 Å². The molecule has 1 unspecified atom stereocenters. The molecule has 1 rings (SSSR count). The molecule has 0 spiro atoms. The van der Waals surface area contributed by atoms with Crippen molar-refractivity contribution in [1.82, 2.24) is 5.32 Å². The van der Waals surface area contributed by atoms with Crippen molar-refractivity contribution >= 4 is 0 Å². The average molecular weight is 287 g/mol. The molecule has 114 valence electrons. The van der Waals surface area contributed by atoms with Gasteiger partial charge >= 0.3 is 6.18 Å². The van der Waals surface area contributed by atoms with Crippen LogP contribution in [-0.4, -0.2) is 12.7 Å². The van der Waals surface area contributed by atoms with Gasteiger partial charge in [0.2, 0.25) is 0 Å². The van der Waals surface area contributed by atoms with Gasteiger partial charge in [-0.2, -0.15) is 13.2 Å². The molecule has 1 N–H and O–H groups in total. The first-order valence-corrected chi connectivity index (χ1v) is 7.04. The zero-order chi connectivity index (χ0) is 15.4. The molecule has 20 heavy (non-hydrogen) atoms. The molecule has 0 fully saturated rings. The molecule has 0 saturated carbocycles. The Bertz CT molecular complexity index is 418. The van der Waals surface area contributed by atoms with E-state index in [4.69, 9.17) is 0 Å². The van der Waals surface area contributed by atoms with Gasteiger partial charge in [0.05, 0.1) is 0 Å². The number of nitrogens with one attached hydrogen (secondary N) is 1. The van der Waals surface area contributed by atoms with Crippen LogP contribution >= 0.6 is 0 Å². The zero-order valence-electron chi connectivity index (χ0n) is 12.6. The van der Waals surface area contributed by atoms with Crippen LogP contribution in [0.5, 0.6) is 0 Å². The first-order chi connectivity index (χ1) is 9.15. The van der Waals surface area contributed by atoms with Gasteiger partial charge in [0, 0.05) is 12.5 Å². The predicted molar refractivity (Wildman–Crippen MR) is 76.8 cm³/mol. The van der Waals surface area contributed by atoms with E-state index in [1.807, 2.05) is 31.2 Å². The van der Waals surface area contributed by atoms with Gasteiger partial charge in [0.1, 0.15) is 0 Å². The normalized spacial score (nSPS) is 14.3. The summed E-state index contributed by atoms with van der Waals surface area (Å²) in [5.74, 6) is 0. The van der Waals surface area contributed by atoms with E-state index in [9.17, 15) is 13.2 Å². The molecule has 1 nitrogen and oxygen atoms in total. The fourth-order valence-corrected chi connectivity index (χ4v) is 2.41. The summed E-state index contributed by atoms with van der Waals surface area (Å²) >= 11 is 0. The topological polar surface area (TPSA) is 12.0 Å². The van der Waals surface area contributed by atoms with Crippen LogP contribution in [0.4, 0.5) is 13.2 Å². The maximum Gasteiger partial charge on any atom is 0.389 e. The lowest BCUT2D eigenvalue weighted by Gasteiger charge is -2.28.